The van der Waals surface area contributed by atoms with Gasteiger partial charge in [0.05, 0.1) is 23.8 Å². The molecule has 7 nitrogen and oxygen atoms in total. The number of benzene rings is 1. The van der Waals surface area contributed by atoms with Gasteiger partial charge in [-0.2, -0.15) is 5.26 Å². The number of nitrogens with zero attached hydrogens (tertiary/aromatic N) is 4. The number of rotatable bonds is 4. The fourth-order valence-corrected chi connectivity index (χ4v) is 2.71. The van der Waals surface area contributed by atoms with Crippen LogP contribution in [0.25, 0.3) is 0 Å². The lowest BCUT2D eigenvalue weighted by molar-refractivity contribution is 0.0945. The zero-order valence-corrected chi connectivity index (χ0v) is 14.2. The number of nitrogens with one attached hydrogen (secondary N) is 1. The lowest BCUT2D eigenvalue weighted by Gasteiger charge is -2.27. The molecule has 0 saturated carbocycles. The molecule has 1 aliphatic heterocycles. The van der Waals surface area contributed by atoms with Gasteiger partial charge in [-0.25, -0.2) is 9.97 Å². The zero-order chi connectivity index (χ0) is 17.6. The molecule has 1 N–H and O–H groups in total. The number of hydrogen-bond acceptors (Lipinski definition) is 6. The number of aromatic nitrogens is 2. The minimum absolute atomic E-state index is 0.293. The van der Waals surface area contributed by atoms with E-state index in [9.17, 15) is 4.79 Å². The average Bonchev–Trinajstić information content (AvgIpc) is 2.67. The highest BCUT2D eigenvalue weighted by Gasteiger charge is 2.15. The van der Waals surface area contributed by atoms with Gasteiger partial charge in [0.2, 0.25) is 0 Å². The smallest absolute Gasteiger partial charge is 0.270 e. The Bertz CT molecular complexity index is 815. The van der Waals surface area contributed by atoms with Crippen LogP contribution in [0, 0.1) is 11.3 Å². The van der Waals surface area contributed by atoms with Gasteiger partial charge >= 0.3 is 0 Å². The fraction of sp³-hybridized carbons (Fsp3) is 0.294. The van der Waals surface area contributed by atoms with Crippen molar-refractivity contribution in [1.82, 2.24) is 15.3 Å². The van der Waals surface area contributed by atoms with E-state index in [0.29, 0.717) is 41.9 Å². The van der Waals surface area contributed by atoms with E-state index >= 15 is 0 Å². The molecule has 1 fully saturated rings. The second-order valence-electron chi connectivity index (χ2n) is 5.47. The average molecular weight is 358 g/mol. The molecule has 1 aromatic heterocycles. The van der Waals surface area contributed by atoms with Gasteiger partial charge in [0.15, 0.2) is 0 Å². The Kier molecular flexibility index (Phi) is 5.43. The first kappa shape index (κ1) is 17.1. The third kappa shape index (κ3) is 4.24. The van der Waals surface area contributed by atoms with E-state index in [0.717, 1.165) is 18.7 Å². The number of anilines is 1. The normalized spacial score (nSPS) is 14.0. The van der Waals surface area contributed by atoms with Crippen LogP contribution in [0.1, 0.15) is 21.6 Å². The molecule has 0 bridgehead atoms. The minimum Gasteiger partial charge on any atom is -0.378 e. The van der Waals surface area contributed by atoms with Crippen molar-refractivity contribution in [2.75, 3.05) is 31.2 Å². The number of nitriles is 1. The molecule has 2 heterocycles. The van der Waals surface area contributed by atoms with Gasteiger partial charge < -0.3 is 15.0 Å². The number of carbonyl (C=O) groups excluding carboxylic acids is 1. The molecule has 0 aliphatic carbocycles. The monoisotopic (exact) mass is 357 g/mol. The van der Waals surface area contributed by atoms with Crippen LogP contribution in [-0.2, 0) is 11.3 Å². The number of halogens is 1. The van der Waals surface area contributed by atoms with Crippen LogP contribution in [0.3, 0.4) is 0 Å². The Balaban J connectivity index is 1.65. The summed E-state index contributed by atoms with van der Waals surface area (Å²) in [4.78, 5) is 22.7. The second-order valence-corrected chi connectivity index (χ2v) is 5.88. The summed E-state index contributed by atoms with van der Waals surface area (Å²) in [6.07, 6.45) is 1.39. The molecule has 3 rings (SSSR count). The highest BCUT2D eigenvalue weighted by atomic mass is 35.5. The Morgan fingerprint density at radius 3 is 2.84 bits per heavy atom. The second kappa shape index (κ2) is 7.92. The van der Waals surface area contributed by atoms with Gasteiger partial charge in [0.1, 0.15) is 23.9 Å². The van der Waals surface area contributed by atoms with Crippen molar-refractivity contribution in [2.45, 2.75) is 6.54 Å². The molecule has 0 spiro atoms. The number of ether oxygens (including phenoxy) is 1. The number of morpholine rings is 1. The van der Waals surface area contributed by atoms with Gasteiger partial charge in [0, 0.05) is 25.7 Å². The first-order valence-corrected chi connectivity index (χ1v) is 8.16. The van der Waals surface area contributed by atoms with Crippen molar-refractivity contribution < 1.29 is 9.53 Å². The molecule has 1 aromatic carbocycles. The van der Waals surface area contributed by atoms with E-state index in [1.54, 1.807) is 24.3 Å². The maximum absolute atomic E-state index is 12.3. The minimum atomic E-state index is -0.294. The third-order valence-corrected chi connectivity index (χ3v) is 4.14. The van der Waals surface area contributed by atoms with E-state index in [1.165, 1.54) is 6.33 Å². The molecule has 1 amide bonds. The molecule has 1 saturated heterocycles. The summed E-state index contributed by atoms with van der Waals surface area (Å²) in [5.74, 6) is 0.419. The molecular weight excluding hydrogens is 342 g/mol. The largest absolute Gasteiger partial charge is 0.378 e. The summed E-state index contributed by atoms with van der Waals surface area (Å²) in [7, 11) is 0. The van der Waals surface area contributed by atoms with E-state index in [1.807, 2.05) is 6.07 Å². The van der Waals surface area contributed by atoms with Crippen molar-refractivity contribution in [3.05, 3.63) is 52.4 Å². The number of amides is 1. The van der Waals surface area contributed by atoms with Gasteiger partial charge in [-0.3, -0.25) is 4.79 Å². The van der Waals surface area contributed by atoms with Crippen LogP contribution in [0.15, 0.2) is 30.6 Å². The first-order valence-electron chi connectivity index (χ1n) is 7.79. The predicted octanol–water partition coefficient (Wildman–Crippen LogP) is 1.77. The summed E-state index contributed by atoms with van der Waals surface area (Å²) in [6.45, 7) is 3.06. The van der Waals surface area contributed by atoms with Crippen LogP contribution in [0.2, 0.25) is 5.02 Å². The van der Waals surface area contributed by atoms with Gasteiger partial charge in [-0.05, 0) is 17.7 Å². The lowest BCUT2D eigenvalue weighted by atomic mass is 10.1. The quantitative estimate of drug-likeness (QED) is 0.896. The van der Waals surface area contributed by atoms with Gasteiger partial charge in [-0.1, -0.05) is 17.7 Å². The molecule has 0 atom stereocenters. The molecular formula is C17H16ClN5O2. The highest BCUT2D eigenvalue weighted by Crippen LogP contribution is 2.17. The summed E-state index contributed by atoms with van der Waals surface area (Å²) < 4.78 is 5.32. The Labute approximate surface area is 150 Å². The predicted molar refractivity (Wildman–Crippen MR) is 92.4 cm³/mol. The third-order valence-electron chi connectivity index (χ3n) is 3.83. The highest BCUT2D eigenvalue weighted by molar-refractivity contribution is 6.31. The van der Waals surface area contributed by atoms with E-state index < -0.39 is 0 Å². The van der Waals surface area contributed by atoms with Gasteiger partial charge in [0.25, 0.3) is 5.91 Å². The Morgan fingerprint density at radius 2 is 2.12 bits per heavy atom. The van der Waals surface area contributed by atoms with Crippen LogP contribution in [-0.4, -0.2) is 42.2 Å². The van der Waals surface area contributed by atoms with Crippen LogP contribution < -0.4 is 10.2 Å². The molecule has 8 heteroatoms. The fourth-order valence-electron chi connectivity index (χ4n) is 2.47. The standard InChI is InChI=1S/C17H16ClN5O2/c18-14-7-12(1-2-13(14)9-19)10-20-17(24)15-8-16(22-11-21-15)23-3-5-25-6-4-23/h1-2,7-8,11H,3-6,10H2,(H,20,24). The molecule has 2 aromatic rings. The topological polar surface area (TPSA) is 91.1 Å². The van der Waals surface area contributed by atoms with Crippen molar-refractivity contribution in [2.24, 2.45) is 0 Å². The van der Waals surface area contributed by atoms with E-state index in [4.69, 9.17) is 21.6 Å². The zero-order valence-electron chi connectivity index (χ0n) is 13.4. The van der Waals surface area contributed by atoms with Crippen LogP contribution in [0.5, 0.6) is 0 Å². The summed E-state index contributed by atoms with van der Waals surface area (Å²) in [6, 6.07) is 8.72. The van der Waals surface area contributed by atoms with E-state index in [-0.39, 0.29) is 5.91 Å². The molecule has 25 heavy (non-hydrogen) atoms. The lowest BCUT2D eigenvalue weighted by Crippen LogP contribution is -2.37. The molecule has 1 aliphatic rings. The number of carbonyl (C=O) groups is 1. The van der Waals surface area contributed by atoms with Crippen LogP contribution >= 0.6 is 11.6 Å². The first-order chi connectivity index (χ1) is 12.2. The SMILES string of the molecule is N#Cc1ccc(CNC(=O)c2cc(N3CCOCC3)ncn2)cc1Cl. The van der Waals surface area contributed by atoms with Crippen molar-refractivity contribution in [1.29, 1.82) is 5.26 Å². The maximum atomic E-state index is 12.3. The molecule has 128 valence electrons. The summed E-state index contributed by atoms with van der Waals surface area (Å²) in [5, 5.41) is 12.0. The number of hydrogen-bond donors (Lipinski definition) is 1. The van der Waals surface area contributed by atoms with Gasteiger partial charge in [-0.15, -0.1) is 0 Å². The Morgan fingerprint density at radius 1 is 1.32 bits per heavy atom. The molecule has 0 radical (unpaired) electrons. The van der Waals surface area contributed by atoms with Crippen molar-refractivity contribution in [3.8, 4) is 6.07 Å². The van der Waals surface area contributed by atoms with Crippen molar-refractivity contribution in [3.63, 3.8) is 0 Å². The maximum Gasteiger partial charge on any atom is 0.270 e. The summed E-state index contributed by atoms with van der Waals surface area (Å²) in [5.41, 5.74) is 1.51. The van der Waals surface area contributed by atoms with E-state index in [2.05, 4.69) is 20.2 Å². The van der Waals surface area contributed by atoms with Crippen LogP contribution in [0.4, 0.5) is 5.82 Å². The summed E-state index contributed by atoms with van der Waals surface area (Å²) >= 11 is 6.00. The van der Waals surface area contributed by atoms with Crippen molar-refractivity contribution >= 4 is 23.3 Å². The molecule has 0 unspecified atom stereocenters. The Hall–Kier alpha value is -2.69.